The lowest BCUT2D eigenvalue weighted by Gasteiger charge is -2.32. The number of nitrogens with zero attached hydrogens (tertiary/aromatic N) is 4. The van der Waals surface area contributed by atoms with Crippen molar-refractivity contribution in [3.05, 3.63) is 130 Å². The Morgan fingerprint density at radius 3 is 2.41 bits per heavy atom. The van der Waals surface area contributed by atoms with Crippen LogP contribution in [0, 0.1) is 6.92 Å². The van der Waals surface area contributed by atoms with Crippen LogP contribution in [0.2, 0.25) is 5.02 Å². The van der Waals surface area contributed by atoms with Gasteiger partial charge in [0.05, 0.1) is 23.8 Å². The van der Waals surface area contributed by atoms with Gasteiger partial charge in [-0.15, -0.1) is 0 Å². The summed E-state index contributed by atoms with van der Waals surface area (Å²) in [5, 5.41) is 6.64. The first-order valence-corrected chi connectivity index (χ1v) is 14.5. The maximum atomic E-state index is 13.9. The molecular weight excluding hydrogens is 576 g/mol. The van der Waals surface area contributed by atoms with Crippen molar-refractivity contribution in [3.8, 4) is 5.69 Å². The molecule has 5 aromatic rings. The number of hydrogen-bond acceptors (Lipinski definition) is 7. The van der Waals surface area contributed by atoms with E-state index in [1.807, 2.05) is 60.0 Å². The second-order valence-corrected chi connectivity index (χ2v) is 10.6. The molecule has 0 fully saturated rings. The van der Waals surface area contributed by atoms with Crippen molar-refractivity contribution in [2.24, 2.45) is 0 Å². The number of pyridine rings is 2. The van der Waals surface area contributed by atoms with E-state index in [4.69, 9.17) is 16.3 Å². The Morgan fingerprint density at radius 1 is 0.932 bits per heavy atom. The fourth-order valence-electron chi connectivity index (χ4n) is 5.54. The molecule has 1 aliphatic heterocycles. The normalized spacial score (nSPS) is 14.9. The standard InChI is InChI=1S/C34H29ClN6O3/c1-4-44-34(43)30-29(24-10-5-6-11-25(24)35)28(33(42)40-27-13-7-8-18-36-27)20(2)38-31(30)22-14-16-23(17-15-22)41-21(3)39-26-12-9-19-37-32(26)41/h5-19,29,38H,4H2,1-3H3,(H,36,40,42). The largest absolute Gasteiger partial charge is 0.463 e. The average Bonchev–Trinajstić information content (AvgIpc) is 3.37. The monoisotopic (exact) mass is 604 g/mol. The van der Waals surface area contributed by atoms with Crippen LogP contribution in [-0.2, 0) is 14.3 Å². The number of halogens is 1. The SMILES string of the molecule is CCOC(=O)C1=C(c2ccc(-n3c(C)nc4cccnc43)cc2)NC(C)=C(C(=O)Nc2ccccn2)C1c1ccccc1Cl. The number of carbonyl (C=O) groups excluding carboxylic acids is 2. The molecule has 0 spiro atoms. The van der Waals surface area contributed by atoms with Crippen LogP contribution in [0.3, 0.4) is 0 Å². The Labute approximate surface area is 259 Å². The molecule has 0 saturated heterocycles. The average molecular weight is 605 g/mol. The number of anilines is 1. The zero-order valence-electron chi connectivity index (χ0n) is 24.3. The van der Waals surface area contributed by atoms with Gasteiger partial charge in [0, 0.05) is 34.4 Å². The number of dihydropyridines is 1. The molecule has 0 aliphatic carbocycles. The second kappa shape index (κ2) is 12.1. The van der Waals surface area contributed by atoms with Gasteiger partial charge in [-0.3, -0.25) is 9.36 Å². The Balaban J connectivity index is 1.50. The lowest BCUT2D eigenvalue weighted by Crippen LogP contribution is -2.34. The van der Waals surface area contributed by atoms with Crippen LogP contribution < -0.4 is 10.6 Å². The third-order valence-corrected chi connectivity index (χ3v) is 7.77. The molecule has 10 heteroatoms. The van der Waals surface area contributed by atoms with E-state index >= 15 is 0 Å². The number of aryl methyl sites for hydroxylation is 1. The topological polar surface area (TPSA) is 111 Å². The number of allylic oxidation sites excluding steroid dienone is 1. The Kier molecular flexibility index (Phi) is 7.95. The number of benzene rings is 2. The van der Waals surface area contributed by atoms with Gasteiger partial charge >= 0.3 is 5.97 Å². The molecule has 0 radical (unpaired) electrons. The van der Waals surface area contributed by atoms with Gasteiger partial charge in [0.25, 0.3) is 5.91 Å². The molecule has 4 heterocycles. The van der Waals surface area contributed by atoms with Gasteiger partial charge < -0.3 is 15.4 Å². The minimum Gasteiger partial charge on any atom is -0.463 e. The number of fused-ring (bicyclic) bond motifs is 1. The number of esters is 1. The molecule has 6 rings (SSSR count). The quantitative estimate of drug-likeness (QED) is 0.208. The summed E-state index contributed by atoms with van der Waals surface area (Å²) in [7, 11) is 0. The van der Waals surface area contributed by atoms with Gasteiger partial charge in [0.2, 0.25) is 0 Å². The van der Waals surface area contributed by atoms with Crippen LogP contribution in [0.25, 0.3) is 22.5 Å². The molecule has 1 atom stereocenters. The van der Waals surface area contributed by atoms with E-state index in [-0.39, 0.29) is 12.2 Å². The zero-order valence-corrected chi connectivity index (χ0v) is 25.1. The van der Waals surface area contributed by atoms with E-state index in [0.717, 1.165) is 28.2 Å². The van der Waals surface area contributed by atoms with Crippen molar-refractivity contribution in [1.29, 1.82) is 0 Å². The van der Waals surface area contributed by atoms with Gasteiger partial charge in [-0.25, -0.2) is 19.7 Å². The Hall–Kier alpha value is -5.28. The first-order chi connectivity index (χ1) is 21.4. The van der Waals surface area contributed by atoms with Crippen molar-refractivity contribution >= 4 is 46.2 Å². The van der Waals surface area contributed by atoms with Crippen LogP contribution in [-0.4, -0.2) is 38.0 Å². The second-order valence-electron chi connectivity index (χ2n) is 10.2. The van der Waals surface area contributed by atoms with E-state index < -0.39 is 17.8 Å². The zero-order chi connectivity index (χ0) is 30.8. The number of hydrogen-bond donors (Lipinski definition) is 2. The number of carbonyl (C=O) groups is 2. The first kappa shape index (κ1) is 28.8. The summed E-state index contributed by atoms with van der Waals surface area (Å²) < 4.78 is 7.56. The van der Waals surface area contributed by atoms with Gasteiger partial charge in [-0.1, -0.05) is 48.0 Å². The molecule has 1 aliphatic rings. The molecule has 0 bridgehead atoms. The molecular formula is C34H29ClN6O3. The Bertz CT molecular complexity index is 1950. The molecule has 1 unspecified atom stereocenters. The Morgan fingerprint density at radius 2 is 1.68 bits per heavy atom. The van der Waals surface area contributed by atoms with Crippen LogP contribution in [0.4, 0.5) is 5.82 Å². The van der Waals surface area contributed by atoms with Crippen LogP contribution in [0.1, 0.15) is 36.7 Å². The van der Waals surface area contributed by atoms with Crippen LogP contribution in [0.5, 0.6) is 0 Å². The van der Waals surface area contributed by atoms with Crippen LogP contribution >= 0.6 is 11.6 Å². The summed E-state index contributed by atoms with van der Waals surface area (Å²) in [5.41, 5.74) is 5.45. The molecule has 0 saturated carbocycles. The maximum absolute atomic E-state index is 13.9. The lowest BCUT2D eigenvalue weighted by atomic mass is 9.78. The highest BCUT2D eigenvalue weighted by Crippen LogP contribution is 2.44. The highest BCUT2D eigenvalue weighted by Gasteiger charge is 2.39. The molecule has 44 heavy (non-hydrogen) atoms. The molecule has 220 valence electrons. The summed E-state index contributed by atoms with van der Waals surface area (Å²) in [4.78, 5) is 41.1. The maximum Gasteiger partial charge on any atom is 0.337 e. The van der Waals surface area contributed by atoms with Gasteiger partial charge in [-0.05, 0) is 74.4 Å². The van der Waals surface area contributed by atoms with Gasteiger partial charge in [0.15, 0.2) is 5.65 Å². The van der Waals surface area contributed by atoms with E-state index in [9.17, 15) is 9.59 Å². The number of amides is 1. The number of imidazole rings is 1. The summed E-state index contributed by atoms with van der Waals surface area (Å²) in [6, 6.07) is 24.0. The summed E-state index contributed by atoms with van der Waals surface area (Å²) in [6.07, 6.45) is 3.33. The van der Waals surface area contributed by atoms with Crippen molar-refractivity contribution in [2.75, 3.05) is 11.9 Å². The van der Waals surface area contributed by atoms with Crippen molar-refractivity contribution in [1.82, 2.24) is 24.8 Å². The lowest BCUT2D eigenvalue weighted by molar-refractivity contribution is -0.138. The minimum atomic E-state index is -0.827. The first-order valence-electron chi connectivity index (χ1n) is 14.1. The van der Waals surface area contributed by atoms with Crippen molar-refractivity contribution in [2.45, 2.75) is 26.7 Å². The molecule has 1 amide bonds. The number of nitrogens with one attached hydrogen (secondary N) is 2. The van der Waals surface area contributed by atoms with E-state index in [0.29, 0.717) is 33.4 Å². The number of aromatic nitrogens is 4. The third-order valence-electron chi connectivity index (χ3n) is 7.42. The fourth-order valence-corrected chi connectivity index (χ4v) is 5.78. The summed E-state index contributed by atoms with van der Waals surface area (Å²) in [5.74, 6) is -0.609. The van der Waals surface area contributed by atoms with Crippen molar-refractivity contribution < 1.29 is 14.3 Å². The highest BCUT2D eigenvalue weighted by atomic mass is 35.5. The van der Waals surface area contributed by atoms with Crippen LogP contribution in [0.15, 0.2) is 108 Å². The molecule has 3 aromatic heterocycles. The fraction of sp³-hybridized carbons (Fsp3) is 0.147. The van der Waals surface area contributed by atoms with E-state index in [1.165, 1.54) is 0 Å². The highest BCUT2D eigenvalue weighted by molar-refractivity contribution is 6.31. The number of rotatable bonds is 7. The van der Waals surface area contributed by atoms with Gasteiger partial charge in [-0.2, -0.15) is 0 Å². The summed E-state index contributed by atoms with van der Waals surface area (Å²) in [6.45, 7) is 5.64. The molecule has 9 nitrogen and oxygen atoms in total. The molecule has 2 N–H and O–H groups in total. The predicted octanol–water partition coefficient (Wildman–Crippen LogP) is 6.35. The summed E-state index contributed by atoms with van der Waals surface area (Å²) >= 11 is 6.74. The smallest absolute Gasteiger partial charge is 0.337 e. The predicted molar refractivity (Wildman–Crippen MR) is 170 cm³/mol. The third kappa shape index (κ3) is 5.33. The van der Waals surface area contributed by atoms with Crippen molar-refractivity contribution in [3.63, 3.8) is 0 Å². The van der Waals surface area contributed by atoms with E-state index in [2.05, 4.69) is 25.6 Å². The molecule has 2 aromatic carbocycles. The minimum absolute atomic E-state index is 0.155. The number of ether oxygens (including phenoxy) is 1. The van der Waals surface area contributed by atoms with E-state index in [1.54, 1.807) is 56.6 Å². The van der Waals surface area contributed by atoms with Gasteiger partial charge in [0.1, 0.15) is 17.2 Å².